The molecule has 0 aliphatic heterocycles. The number of benzene rings is 1. The largest absolute Gasteiger partial charge is 0.320 e. The molecule has 2 aromatic rings. The van der Waals surface area contributed by atoms with Gasteiger partial charge in [0, 0.05) is 9.86 Å². The highest BCUT2D eigenvalue weighted by Crippen LogP contribution is 2.23. The van der Waals surface area contributed by atoms with Crippen molar-refractivity contribution in [2.45, 2.75) is 6.92 Å². The Morgan fingerprint density at radius 1 is 1.40 bits per heavy atom. The van der Waals surface area contributed by atoms with Crippen molar-refractivity contribution >= 4 is 26.8 Å². The van der Waals surface area contributed by atoms with E-state index in [1.54, 1.807) is 6.07 Å². The minimum absolute atomic E-state index is 0.139. The Morgan fingerprint density at radius 2 is 2.13 bits per heavy atom. The first-order valence-electron chi connectivity index (χ1n) is 4.35. The standard InChI is InChI=1S/C11H7BrN2O/c1-6-2-7-4-8(5-13)11(15)14-10(7)9(12)3-6/h2-4H,1H3,(H,14,15). The molecule has 0 radical (unpaired) electrons. The van der Waals surface area contributed by atoms with Crippen molar-refractivity contribution in [1.29, 1.82) is 5.26 Å². The van der Waals surface area contributed by atoms with Gasteiger partial charge in [0.15, 0.2) is 0 Å². The van der Waals surface area contributed by atoms with Crippen LogP contribution < -0.4 is 5.56 Å². The second-order valence-electron chi connectivity index (χ2n) is 3.33. The molecule has 74 valence electrons. The minimum atomic E-state index is -0.352. The molecule has 0 unspecified atom stereocenters. The monoisotopic (exact) mass is 262 g/mol. The zero-order valence-electron chi connectivity index (χ0n) is 7.97. The third-order valence-electron chi connectivity index (χ3n) is 2.17. The fourth-order valence-electron chi connectivity index (χ4n) is 1.50. The summed E-state index contributed by atoms with van der Waals surface area (Å²) in [5.74, 6) is 0. The Hall–Kier alpha value is -1.60. The predicted octanol–water partition coefficient (Wildman–Crippen LogP) is 2.47. The second-order valence-corrected chi connectivity index (χ2v) is 4.19. The molecular formula is C11H7BrN2O. The van der Waals surface area contributed by atoms with Crippen LogP contribution in [-0.2, 0) is 0 Å². The number of fused-ring (bicyclic) bond motifs is 1. The number of pyridine rings is 1. The van der Waals surface area contributed by atoms with Gasteiger partial charge in [-0.05, 0) is 46.6 Å². The Bertz CT molecular complexity index is 637. The number of halogens is 1. The summed E-state index contributed by atoms with van der Waals surface area (Å²) < 4.78 is 0.832. The van der Waals surface area contributed by atoms with E-state index < -0.39 is 0 Å². The fourth-order valence-corrected chi connectivity index (χ4v) is 2.19. The lowest BCUT2D eigenvalue weighted by atomic mass is 10.1. The first-order valence-corrected chi connectivity index (χ1v) is 5.14. The number of hydrogen-bond acceptors (Lipinski definition) is 2. The van der Waals surface area contributed by atoms with Crippen LogP contribution in [0, 0.1) is 18.3 Å². The van der Waals surface area contributed by atoms with Crippen LogP contribution in [0.4, 0.5) is 0 Å². The van der Waals surface area contributed by atoms with Gasteiger partial charge < -0.3 is 4.98 Å². The Kier molecular flexibility index (Phi) is 2.33. The average molecular weight is 263 g/mol. The van der Waals surface area contributed by atoms with Gasteiger partial charge in [-0.15, -0.1) is 0 Å². The number of nitriles is 1. The van der Waals surface area contributed by atoms with Crippen LogP contribution >= 0.6 is 15.9 Å². The summed E-state index contributed by atoms with van der Waals surface area (Å²) >= 11 is 3.38. The van der Waals surface area contributed by atoms with Gasteiger partial charge in [-0.1, -0.05) is 0 Å². The molecule has 0 spiro atoms. The van der Waals surface area contributed by atoms with Gasteiger partial charge in [0.2, 0.25) is 0 Å². The van der Waals surface area contributed by atoms with Crippen molar-refractivity contribution in [3.8, 4) is 6.07 Å². The molecule has 0 saturated heterocycles. The molecule has 1 aromatic heterocycles. The fraction of sp³-hybridized carbons (Fsp3) is 0.0909. The molecule has 15 heavy (non-hydrogen) atoms. The first kappa shape index (κ1) is 9.94. The van der Waals surface area contributed by atoms with Crippen molar-refractivity contribution in [3.63, 3.8) is 0 Å². The van der Waals surface area contributed by atoms with Crippen LogP contribution in [0.3, 0.4) is 0 Å². The molecule has 3 nitrogen and oxygen atoms in total. The van der Waals surface area contributed by atoms with E-state index in [-0.39, 0.29) is 11.1 Å². The molecule has 4 heteroatoms. The number of aromatic nitrogens is 1. The van der Waals surface area contributed by atoms with Crippen LogP contribution in [0.1, 0.15) is 11.1 Å². The van der Waals surface area contributed by atoms with Crippen LogP contribution in [0.5, 0.6) is 0 Å². The normalized spacial score (nSPS) is 10.2. The lowest BCUT2D eigenvalue weighted by Gasteiger charge is -2.02. The Balaban J connectivity index is 2.95. The third-order valence-corrected chi connectivity index (χ3v) is 2.79. The lowest BCUT2D eigenvalue weighted by molar-refractivity contribution is 1.26. The van der Waals surface area contributed by atoms with Crippen molar-refractivity contribution in [2.24, 2.45) is 0 Å². The van der Waals surface area contributed by atoms with Crippen molar-refractivity contribution < 1.29 is 0 Å². The first-order chi connectivity index (χ1) is 7.11. The molecule has 0 bridgehead atoms. The Labute approximate surface area is 94.5 Å². The quantitative estimate of drug-likeness (QED) is 0.793. The van der Waals surface area contributed by atoms with Gasteiger partial charge >= 0.3 is 0 Å². The topological polar surface area (TPSA) is 56.6 Å². The van der Waals surface area contributed by atoms with E-state index in [0.29, 0.717) is 0 Å². The second kappa shape index (κ2) is 3.52. The number of rotatable bonds is 0. The smallest absolute Gasteiger partial charge is 0.266 e. The van der Waals surface area contributed by atoms with Crippen LogP contribution in [-0.4, -0.2) is 4.98 Å². The third kappa shape index (κ3) is 1.66. The number of H-pyrrole nitrogens is 1. The summed E-state index contributed by atoms with van der Waals surface area (Å²) in [7, 11) is 0. The lowest BCUT2D eigenvalue weighted by Crippen LogP contribution is -2.09. The van der Waals surface area contributed by atoms with Crippen molar-refractivity contribution in [3.05, 3.63) is 44.2 Å². The number of nitrogens with zero attached hydrogens (tertiary/aromatic N) is 1. The molecule has 0 fully saturated rings. The number of aromatic amines is 1. The molecule has 0 aliphatic rings. The summed E-state index contributed by atoms with van der Waals surface area (Å²) in [5, 5.41) is 9.59. The molecular weight excluding hydrogens is 256 g/mol. The maximum atomic E-state index is 11.4. The molecule has 0 amide bonds. The highest BCUT2D eigenvalue weighted by atomic mass is 79.9. The summed E-state index contributed by atoms with van der Waals surface area (Å²) in [6, 6.07) is 7.32. The molecule has 2 rings (SSSR count). The molecule has 0 saturated carbocycles. The van der Waals surface area contributed by atoms with Gasteiger partial charge in [0.25, 0.3) is 5.56 Å². The van der Waals surface area contributed by atoms with Gasteiger partial charge in [-0.2, -0.15) is 5.26 Å². The van der Waals surface area contributed by atoms with E-state index >= 15 is 0 Å². The zero-order valence-corrected chi connectivity index (χ0v) is 9.55. The highest BCUT2D eigenvalue weighted by Gasteiger charge is 2.05. The summed E-state index contributed by atoms with van der Waals surface area (Å²) in [6.07, 6.45) is 0. The van der Waals surface area contributed by atoms with Gasteiger partial charge in [0.1, 0.15) is 11.6 Å². The average Bonchev–Trinajstić information content (AvgIpc) is 2.18. The maximum absolute atomic E-state index is 11.4. The van der Waals surface area contributed by atoms with Gasteiger partial charge in [-0.3, -0.25) is 4.79 Å². The number of hydrogen-bond donors (Lipinski definition) is 1. The summed E-state index contributed by atoms with van der Waals surface area (Å²) in [5.41, 5.74) is 1.59. The predicted molar refractivity (Wildman–Crippen MR) is 61.7 cm³/mol. The summed E-state index contributed by atoms with van der Waals surface area (Å²) in [4.78, 5) is 14.1. The van der Waals surface area contributed by atoms with Gasteiger partial charge in [0.05, 0.1) is 5.52 Å². The molecule has 0 aliphatic carbocycles. The van der Waals surface area contributed by atoms with E-state index in [9.17, 15) is 4.79 Å². The van der Waals surface area contributed by atoms with Gasteiger partial charge in [-0.25, -0.2) is 0 Å². The molecule has 0 atom stereocenters. The molecule has 1 aromatic carbocycles. The van der Waals surface area contributed by atoms with E-state index in [0.717, 1.165) is 20.9 Å². The zero-order chi connectivity index (χ0) is 11.0. The molecule has 1 heterocycles. The van der Waals surface area contributed by atoms with E-state index in [4.69, 9.17) is 5.26 Å². The van der Waals surface area contributed by atoms with Crippen LogP contribution in [0.15, 0.2) is 27.5 Å². The van der Waals surface area contributed by atoms with E-state index in [1.165, 1.54) is 0 Å². The van der Waals surface area contributed by atoms with Crippen LogP contribution in [0.2, 0.25) is 0 Å². The van der Waals surface area contributed by atoms with E-state index in [2.05, 4.69) is 20.9 Å². The summed E-state index contributed by atoms with van der Waals surface area (Å²) in [6.45, 7) is 1.96. The Morgan fingerprint density at radius 3 is 2.80 bits per heavy atom. The minimum Gasteiger partial charge on any atom is -0.320 e. The van der Waals surface area contributed by atoms with Crippen molar-refractivity contribution in [2.75, 3.05) is 0 Å². The van der Waals surface area contributed by atoms with Crippen molar-refractivity contribution in [1.82, 2.24) is 4.98 Å². The number of aryl methyl sites for hydroxylation is 1. The van der Waals surface area contributed by atoms with Crippen LogP contribution in [0.25, 0.3) is 10.9 Å². The molecule has 1 N–H and O–H groups in total. The maximum Gasteiger partial charge on any atom is 0.266 e. The highest BCUT2D eigenvalue weighted by molar-refractivity contribution is 9.10. The number of nitrogens with one attached hydrogen (secondary N) is 1. The SMILES string of the molecule is Cc1cc(Br)c2[nH]c(=O)c(C#N)cc2c1. The van der Waals surface area contributed by atoms with E-state index in [1.807, 2.05) is 25.1 Å².